The number of hydrogen-bond donors (Lipinski definition) is 3. The third-order valence-electron chi connectivity index (χ3n) is 4.36. The van der Waals surface area contributed by atoms with E-state index < -0.39 is 0 Å². The van der Waals surface area contributed by atoms with Crippen molar-refractivity contribution in [2.24, 2.45) is 0 Å². The van der Waals surface area contributed by atoms with Gasteiger partial charge >= 0.3 is 0 Å². The number of aliphatic hydroxyl groups excluding tert-OH is 1. The second-order valence-corrected chi connectivity index (χ2v) is 6.64. The number of nitrogens with one attached hydrogen (secondary N) is 2. The third kappa shape index (κ3) is 5.11. The van der Waals surface area contributed by atoms with E-state index >= 15 is 0 Å². The zero-order chi connectivity index (χ0) is 16.1. The van der Waals surface area contributed by atoms with Gasteiger partial charge in [-0.25, -0.2) is 0 Å². The number of amides is 1. The highest BCUT2D eigenvalue weighted by atomic mass is 16.3. The van der Waals surface area contributed by atoms with Gasteiger partial charge in [0.1, 0.15) is 0 Å². The molecule has 4 nitrogen and oxygen atoms in total. The summed E-state index contributed by atoms with van der Waals surface area (Å²) in [5.41, 5.74) is 3.18. The molecule has 1 amide bonds. The summed E-state index contributed by atoms with van der Waals surface area (Å²) in [6.45, 7) is 6.11. The van der Waals surface area contributed by atoms with Gasteiger partial charge in [0.15, 0.2) is 0 Å². The van der Waals surface area contributed by atoms with Gasteiger partial charge in [-0.15, -0.1) is 0 Å². The number of aryl methyl sites for hydroxylation is 2. The largest absolute Gasteiger partial charge is 0.393 e. The summed E-state index contributed by atoms with van der Waals surface area (Å²) in [7, 11) is 0. The van der Waals surface area contributed by atoms with Crippen molar-refractivity contribution in [3.63, 3.8) is 0 Å². The van der Waals surface area contributed by atoms with Crippen LogP contribution < -0.4 is 10.6 Å². The van der Waals surface area contributed by atoms with Crippen LogP contribution in [-0.2, 0) is 4.79 Å². The predicted octanol–water partition coefficient (Wildman–Crippen LogP) is 2.91. The van der Waals surface area contributed by atoms with Crippen LogP contribution in [0.25, 0.3) is 0 Å². The highest BCUT2D eigenvalue weighted by Crippen LogP contribution is 2.19. The van der Waals surface area contributed by atoms with E-state index in [0.717, 1.165) is 36.9 Å². The highest BCUT2D eigenvalue weighted by Gasteiger charge is 2.21. The number of aliphatic hydroxyl groups is 1. The van der Waals surface area contributed by atoms with Crippen molar-refractivity contribution in [2.75, 3.05) is 5.32 Å². The van der Waals surface area contributed by atoms with Crippen molar-refractivity contribution in [3.8, 4) is 0 Å². The first kappa shape index (κ1) is 17.0. The van der Waals surface area contributed by atoms with E-state index in [1.807, 2.05) is 32.9 Å². The van der Waals surface area contributed by atoms with E-state index in [1.165, 1.54) is 5.56 Å². The molecule has 1 unspecified atom stereocenters. The van der Waals surface area contributed by atoms with Gasteiger partial charge in [0.2, 0.25) is 5.91 Å². The van der Waals surface area contributed by atoms with Crippen molar-refractivity contribution >= 4 is 11.6 Å². The fourth-order valence-electron chi connectivity index (χ4n) is 3.14. The van der Waals surface area contributed by atoms with Crippen molar-refractivity contribution in [3.05, 3.63) is 29.3 Å². The van der Waals surface area contributed by atoms with Gasteiger partial charge in [0, 0.05) is 24.2 Å². The summed E-state index contributed by atoms with van der Waals surface area (Å²) in [5, 5.41) is 16.0. The molecule has 122 valence electrons. The van der Waals surface area contributed by atoms with Crippen LogP contribution in [0.2, 0.25) is 0 Å². The van der Waals surface area contributed by atoms with Crippen LogP contribution in [0.3, 0.4) is 0 Å². The van der Waals surface area contributed by atoms with Gasteiger partial charge in [-0.1, -0.05) is 17.7 Å². The average molecular weight is 304 g/mol. The second-order valence-electron chi connectivity index (χ2n) is 6.64. The Balaban J connectivity index is 1.78. The van der Waals surface area contributed by atoms with Crippen LogP contribution in [0.5, 0.6) is 0 Å². The minimum atomic E-state index is -0.138. The topological polar surface area (TPSA) is 61.4 Å². The molecule has 1 aromatic rings. The Morgan fingerprint density at radius 1 is 1.27 bits per heavy atom. The van der Waals surface area contributed by atoms with Crippen LogP contribution >= 0.6 is 0 Å². The molecule has 0 saturated heterocycles. The fraction of sp³-hybridized carbons (Fsp3) is 0.611. The number of rotatable bonds is 5. The van der Waals surface area contributed by atoms with Crippen molar-refractivity contribution in [1.82, 2.24) is 5.32 Å². The van der Waals surface area contributed by atoms with Gasteiger partial charge in [-0.2, -0.15) is 0 Å². The molecule has 3 N–H and O–H groups in total. The minimum absolute atomic E-state index is 0.0443. The third-order valence-corrected chi connectivity index (χ3v) is 4.36. The summed E-state index contributed by atoms with van der Waals surface area (Å²) in [4.78, 5) is 12.2. The lowest BCUT2D eigenvalue weighted by Gasteiger charge is -2.29. The standard InChI is InChI=1S/C18H28N2O2/c1-12-4-9-17(13(2)10-12)20-18(22)11-14(3)19-15-5-7-16(21)8-6-15/h4,9-10,14-16,19,21H,5-8,11H2,1-3H3,(H,20,22). The van der Waals surface area contributed by atoms with Gasteiger partial charge in [-0.3, -0.25) is 4.79 Å². The molecule has 1 atom stereocenters. The summed E-state index contributed by atoms with van der Waals surface area (Å²) >= 11 is 0. The van der Waals surface area contributed by atoms with Gasteiger partial charge in [0.05, 0.1) is 6.10 Å². The Morgan fingerprint density at radius 3 is 2.59 bits per heavy atom. The molecule has 1 aliphatic carbocycles. The molecule has 22 heavy (non-hydrogen) atoms. The molecule has 2 rings (SSSR count). The second kappa shape index (κ2) is 7.75. The van der Waals surface area contributed by atoms with Gasteiger partial charge < -0.3 is 15.7 Å². The normalized spacial score (nSPS) is 23.1. The maximum absolute atomic E-state index is 12.2. The van der Waals surface area contributed by atoms with Gasteiger partial charge in [-0.05, 0) is 58.1 Å². The molecule has 0 radical (unpaired) electrons. The van der Waals surface area contributed by atoms with Crippen LogP contribution in [0.4, 0.5) is 5.69 Å². The predicted molar refractivity (Wildman–Crippen MR) is 90.0 cm³/mol. The Labute approximate surface area is 133 Å². The van der Waals surface area contributed by atoms with Crippen LogP contribution in [0.15, 0.2) is 18.2 Å². The van der Waals surface area contributed by atoms with Crippen LogP contribution in [-0.4, -0.2) is 29.2 Å². The average Bonchev–Trinajstić information content (AvgIpc) is 2.44. The molecular weight excluding hydrogens is 276 g/mol. The zero-order valence-corrected chi connectivity index (χ0v) is 13.9. The lowest BCUT2D eigenvalue weighted by Crippen LogP contribution is -2.41. The Bertz CT molecular complexity index is 508. The van der Waals surface area contributed by atoms with E-state index in [0.29, 0.717) is 12.5 Å². The first-order valence-electron chi connectivity index (χ1n) is 8.25. The highest BCUT2D eigenvalue weighted by molar-refractivity contribution is 5.91. The van der Waals surface area contributed by atoms with E-state index in [1.54, 1.807) is 0 Å². The van der Waals surface area contributed by atoms with E-state index in [2.05, 4.69) is 16.7 Å². The first-order valence-corrected chi connectivity index (χ1v) is 8.25. The van der Waals surface area contributed by atoms with E-state index in [9.17, 15) is 9.90 Å². The molecular formula is C18H28N2O2. The smallest absolute Gasteiger partial charge is 0.225 e. The SMILES string of the molecule is Cc1ccc(NC(=O)CC(C)NC2CCC(O)CC2)c(C)c1. The molecule has 0 aromatic heterocycles. The molecule has 0 spiro atoms. The Hall–Kier alpha value is -1.39. The Morgan fingerprint density at radius 2 is 1.95 bits per heavy atom. The number of anilines is 1. The van der Waals surface area contributed by atoms with Crippen molar-refractivity contribution < 1.29 is 9.90 Å². The lowest BCUT2D eigenvalue weighted by atomic mass is 9.92. The summed E-state index contributed by atoms with van der Waals surface area (Å²) < 4.78 is 0. The summed E-state index contributed by atoms with van der Waals surface area (Å²) in [6.07, 6.45) is 4.03. The van der Waals surface area contributed by atoms with Gasteiger partial charge in [0.25, 0.3) is 0 Å². The molecule has 0 heterocycles. The molecule has 1 fully saturated rings. The summed E-state index contributed by atoms with van der Waals surface area (Å²) in [5.74, 6) is 0.0443. The maximum Gasteiger partial charge on any atom is 0.225 e. The molecule has 0 aliphatic heterocycles. The lowest BCUT2D eigenvalue weighted by molar-refractivity contribution is -0.116. The molecule has 4 heteroatoms. The van der Waals surface area contributed by atoms with E-state index in [4.69, 9.17) is 0 Å². The first-order chi connectivity index (χ1) is 10.4. The quantitative estimate of drug-likeness (QED) is 0.784. The Kier molecular flexibility index (Phi) is 5.98. The maximum atomic E-state index is 12.2. The number of carbonyl (C=O) groups is 1. The fourth-order valence-corrected chi connectivity index (χ4v) is 3.14. The number of benzene rings is 1. The monoisotopic (exact) mass is 304 g/mol. The molecule has 1 saturated carbocycles. The number of hydrogen-bond acceptors (Lipinski definition) is 3. The van der Waals surface area contributed by atoms with E-state index in [-0.39, 0.29) is 18.1 Å². The molecule has 0 bridgehead atoms. The number of carbonyl (C=O) groups excluding carboxylic acids is 1. The van der Waals surface area contributed by atoms with Crippen molar-refractivity contribution in [2.45, 2.75) is 71.1 Å². The molecule has 1 aliphatic rings. The minimum Gasteiger partial charge on any atom is -0.393 e. The van der Waals surface area contributed by atoms with Crippen LogP contribution in [0.1, 0.15) is 50.2 Å². The zero-order valence-electron chi connectivity index (χ0n) is 13.9. The summed E-state index contributed by atoms with van der Waals surface area (Å²) in [6, 6.07) is 6.61. The van der Waals surface area contributed by atoms with Crippen molar-refractivity contribution in [1.29, 1.82) is 0 Å². The molecule has 1 aromatic carbocycles. The van der Waals surface area contributed by atoms with Crippen LogP contribution in [0, 0.1) is 13.8 Å².